The van der Waals surface area contributed by atoms with Crippen LogP contribution < -0.4 is 15.8 Å². The smallest absolute Gasteiger partial charge is 0.261 e. The summed E-state index contributed by atoms with van der Waals surface area (Å²) >= 11 is 6.06. The van der Waals surface area contributed by atoms with Gasteiger partial charge in [-0.05, 0) is 31.4 Å². The molecule has 2 aromatic heterocycles. The Bertz CT molecular complexity index is 1310. The highest BCUT2D eigenvalue weighted by Gasteiger charge is 2.33. The lowest BCUT2D eigenvalue weighted by Gasteiger charge is -2.29. The molecular weight excluding hydrogens is 492 g/mol. The van der Waals surface area contributed by atoms with E-state index in [2.05, 4.69) is 16.8 Å². The summed E-state index contributed by atoms with van der Waals surface area (Å²) in [5, 5.41) is 3.55. The maximum absolute atomic E-state index is 13.2. The third kappa shape index (κ3) is 5.98. The van der Waals surface area contributed by atoms with Crippen molar-refractivity contribution >= 4 is 35.0 Å². The van der Waals surface area contributed by atoms with E-state index in [4.69, 9.17) is 16.6 Å². The fourth-order valence-electron chi connectivity index (χ4n) is 4.76. The summed E-state index contributed by atoms with van der Waals surface area (Å²) < 4.78 is 3.65. The first-order valence-electron chi connectivity index (χ1n) is 12.9. The summed E-state index contributed by atoms with van der Waals surface area (Å²) in [7, 11) is 3.40. The third-order valence-corrected chi connectivity index (χ3v) is 7.06. The number of unbranched alkanes of at least 4 members (excludes halogenated alkanes) is 2. The summed E-state index contributed by atoms with van der Waals surface area (Å²) in [4.78, 5) is 46.6. The van der Waals surface area contributed by atoms with Crippen LogP contribution in [-0.4, -0.2) is 63.9 Å². The van der Waals surface area contributed by atoms with Crippen molar-refractivity contribution < 1.29 is 9.59 Å². The molecule has 0 spiro atoms. The number of imidazole rings is 1. The van der Waals surface area contributed by atoms with Gasteiger partial charge in [-0.3, -0.25) is 23.4 Å². The van der Waals surface area contributed by atoms with Crippen molar-refractivity contribution in [1.29, 1.82) is 0 Å². The number of fused-ring (bicyclic) bond motifs is 1. The second-order valence-electron chi connectivity index (χ2n) is 9.68. The molecule has 0 aliphatic carbocycles. The number of halogens is 1. The van der Waals surface area contributed by atoms with Gasteiger partial charge in [0, 0.05) is 63.0 Å². The molecule has 198 valence electrons. The van der Waals surface area contributed by atoms with Crippen molar-refractivity contribution in [3.05, 3.63) is 51.9 Å². The molecule has 10 heteroatoms. The quantitative estimate of drug-likeness (QED) is 0.408. The zero-order valence-corrected chi connectivity index (χ0v) is 22.5. The molecule has 1 N–H and O–H groups in total. The molecule has 1 aliphatic rings. The van der Waals surface area contributed by atoms with Crippen LogP contribution in [0.4, 0.5) is 5.82 Å². The van der Waals surface area contributed by atoms with E-state index >= 15 is 0 Å². The Morgan fingerprint density at radius 3 is 2.65 bits per heavy atom. The maximum Gasteiger partial charge on any atom is 0.261 e. The Morgan fingerprint density at radius 1 is 1.19 bits per heavy atom. The Morgan fingerprint density at radius 2 is 1.95 bits per heavy atom. The van der Waals surface area contributed by atoms with Crippen molar-refractivity contribution in [1.82, 2.24) is 24.2 Å². The van der Waals surface area contributed by atoms with Gasteiger partial charge in [0.15, 0.2) is 0 Å². The predicted octanol–water partition coefficient (Wildman–Crippen LogP) is 3.57. The summed E-state index contributed by atoms with van der Waals surface area (Å²) in [5.41, 5.74) is 1.38. The average molecular weight is 527 g/mol. The predicted molar refractivity (Wildman–Crippen MR) is 146 cm³/mol. The number of hydrogen-bond acceptors (Lipinski definition) is 5. The van der Waals surface area contributed by atoms with E-state index in [1.165, 1.54) is 4.90 Å². The second-order valence-corrected chi connectivity index (χ2v) is 10.1. The number of hydrogen-bond donors (Lipinski definition) is 1. The van der Waals surface area contributed by atoms with Crippen LogP contribution in [0.5, 0.6) is 0 Å². The van der Waals surface area contributed by atoms with Crippen LogP contribution >= 0.6 is 11.6 Å². The normalized spacial score (nSPS) is 15.4. The molecule has 1 aliphatic heterocycles. The van der Waals surface area contributed by atoms with Crippen LogP contribution in [0.25, 0.3) is 17.0 Å². The van der Waals surface area contributed by atoms with Gasteiger partial charge in [0.1, 0.15) is 11.9 Å². The van der Waals surface area contributed by atoms with Gasteiger partial charge in [0.05, 0.1) is 5.69 Å². The van der Waals surface area contributed by atoms with Gasteiger partial charge in [-0.15, -0.1) is 0 Å². The third-order valence-electron chi connectivity index (χ3n) is 6.81. The molecule has 0 bridgehead atoms. The molecule has 2 amide bonds. The van der Waals surface area contributed by atoms with Crippen LogP contribution in [0.15, 0.2) is 41.3 Å². The first-order chi connectivity index (χ1) is 17.8. The van der Waals surface area contributed by atoms with Crippen LogP contribution in [0.3, 0.4) is 0 Å². The van der Waals surface area contributed by atoms with Gasteiger partial charge < -0.3 is 15.1 Å². The molecule has 0 saturated carbocycles. The largest absolute Gasteiger partial charge is 0.354 e. The molecule has 9 nitrogen and oxygen atoms in total. The average Bonchev–Trinajstić information content (AvgIpc) is 3.54. The van der Waals surface area contributed by atoms with Crippen LogP contribution in [0, 0.1) is 0 Å². The van der Waals surface area contributed by atoms with Crippen LogP contribution in [0.1, 0.15) is 45.4 Å². The summed E-state index contributed by atoms with van der Waals surface area (Å²) in [6, 6.07) is 8.60. The number of nitrogens with zero attached hydrogens (tertiary/aromatic N) is 5. The van der Waals surface area contributed by atoms with Gasteiger partial charge in [-0.25, -0.2) is 4.98 Å². The summed E-state index contributed by atoms with van der Waals surface area (Å²) in [6.45, 7) is 3.79. The molecule has 0 radical (unpaired) electrons. The van der Waals surface area contributed by atoms with Crippen molar-refractivity contribution in [3.8, 4) is 11.3 Å². The highest BCUT2D eigenvalue weighted by Crippen LogP contribution is 2.28. The number of nitrogens with one attached hydrogen (secondary N) is 1. The van der Waals surface area contributed by atoms with Crippen LogP contribution in [0.2, 0.25) is 5.02 Å². The molecular formula is C27H35ClN6O3. The molecule has 1 atom stereocenters. The fraction of sp³-hybridized carbons (Fsp3) is 0.481. The lowest BCUT2D eigenvalue weighted by molar-refractivity contribution is -0.128. The molecule has 1 aromatic carbocycles. The monoisotopic (exact) mass is 526 g/mol. The Balaban J connectivity index is 1.68. The number of rotatable bonds is 10. The lowest BCUT2D eigenvalue weighted by atomic mass is 10.2. The highest BCUT2D eigenvalue weighted by atomic mass is 35.5. The lowest BCUT2D eigenvalue weighted by Crippen LogP contribution is -2.45. The number of aromatic nitrogens is 3. The van der Waals surface area contributed by atoms with Gasteiger partial charge >= 0.3 is 0 Å². The molecule has 1 saturated heterocycles. The maximum atomic E-state index is 13.2. The minimum Gasteiger partial charge on any atom is -0.354 e. The Labute approximate surface area is 222 Å². The van der Waals surface area contributed by atoms with E-state index in [-0.39, 0.29) is 30.3 Å². The number of carbonyl (C=O) groups is 2. The first-order valence-corrected chi connectivity index (χ1v) is 13.3. The van der Waals surface area contributed by atoms with Crippen molar-refractivity contribution in [3.63, 3.8) is 0 Å². The van der Waals surface area contributed by atoms with Gasteiger partial charge in [0.25, 0.3) is 5.56 Å². The molecule has 37 heavy (non-hydrogen) atoms. The Kier molecular flexibility index (Phi) is 8.53. The number of anilines is 1. The minimum atomic E-state index is -0.403. The SMILES string of the molecule is CCCCCn1c(N2CCC[C@H]2C(=O)NCCC(=O)N(C)C)cc(=O)n2cc(-c3ccc(Cl)cc3)nc12. The van der Waals surface area contributed by atoms with Crippen LogP contribution in [-0.2, 0) is 16.1 Å². The van der Waals surface area contributed by atoms with E-state index in [0.29, 0.717) is 41.8 Å². The highest BCUT2D eigenvalue weighted by molar-refractivity contribution is 6.30. The molecule has 0 unspecified atom stereocenters. The van der Waals surface area contributed by atoms with E-state index < -0.39 is 6.04 Å². The fourth-order valence-corrected chi connectivity index (χ4v) is 4.89. The number of benzene rings is 1. The Hall–Kier alpha value is -3.33. The summed E-state index contributed by atoms with van der Waals surface area (Å²) in [5.74, 6) is 1.12. The molecule has 4 rings (SSSR count). The van der Waals surface area contributed by atoms with Crippen molar-refractivity contribution in [2.45, 2.75) is 58.0 Å². The minimum absolute atomic E-state index is 0.0328. The zero-order valence-electron chi connectivity index (χ0n) is 21.7. The van der Waals surface area contributed by atoms with Gasteiger partial charge in [-0.2, -0.15) is 0 Å². The number of carbonyl (C=O) groups excluding carboxylic acids is 2. The molecule has 3 heterocycles. The van der Waals surface area contributed by atoms with Gasteiger partial charge in [-0.1, -0.05) is 43.5 Å². The number of amides is 2. The molecule has 1 fully saturated rings. The number of aryl methyl sites for hydroxylation is 1. The van der Waals surface area contributed by atoms with E-state index in [9.17, 15) is 14.4 Å². The van der Waals surface area contributed by atoms with Crippen molar-refractivity contribution in [2.24, 2.45) is 0 Å². The second kappa shape index (κ2) is 11.8. The van der Waals surface area contributed by atoms with Gasteiger partial charge in [0.2, 0.25) is 17.6 Å². The summed E-state index contributed by atoms with van der Waals surface area (Å²) in [6.07, 6.45) is 6.59. The van der Waals surface area contributed by atoms with E-state index in [0.717, 1.165) is 31.2 Å². The standard InChI is InChI=1S/C27H35ClN6O3/c1-4-5-6-15-33-23(32-16-7-8-22(32)26(37)29-14-13-24(35)31(2)3)17-25(36)34-18-21(30-27(33)34)19-9-11-20(28)12-10-19/h9-12,17-18,22H,4-8,13-16H2,1-3H3,(H,29,37)/t22-/m0/s1. The van der Waals surface area contributed by atoms with E-state index in [1.807, 2.05) is 17.0 Å². The van der Waals surface area contributed by atoms with E-state index in [1.54, 1.807) is 42.9 Å². The topological polar surface area (TPSA) is 92.0 Å². The zero-order chi connectivity index (χ0) is 26.5. The van der Waals surface area contributed by atoms with Crippen molar-refractivity contribution in [2.75, 3.05) is 32.1 Å². The molecule has 3 aromatic rings. The first kappa shape index (κ1) is 26.7.